The third-order valence-electron chi connectivity index (χ3n) is 8.51. The number of fused-ring (bicyclic) bond motifs is 1. The monoisotopic (exact) mass is 570 g/mol. The molecule has 13 heteroatoms. The van der Waals surface area contributed by atoms with Crippen LogP contribution in [-0.4, -0.2) is 106 Å². The first-order valence-electron chi connectivity index (χ1n) is 14.4. The highest BCUT2D eigenvalue weighted by Crippen LogP contribution is 2.31. The van der Waals surface area contributed by atoms with E-state index in [4.69, 9.17) is 14.7 Å². The Morgan fingerprint density at radius 2 is 1.68 bits per heavy atom. The number of rotatable bonds is 7. The first-order valence-corrected chi connectivity index (χ1v) is 14.4. The summed E-state index contributed by atoms with van der Waals surface area (Å²) in [6.45, 7) is 5.87. The van der Waals surface area contributed by atoms with Crippen LogP contribution in [0.2, 0.25) is 0 Å². The highest BCUT2D eigenvalue weighted by Gasteiger charge is 2.30. The van der Waals surface area contributed by atoms with Crippen molar-refractivity contribution in [3.05, 3.63) is 36.2 Å². The first kappa shape index (κ1) is 27.6. The number of halogens is 2. The molecule has 6 rings (SSSR count). The second-order valence-electron chi connectivity index (χ2n) is 11.0. The fraction of sp³-hybridized carbons (Fsp3) is 0.571. The summed E-state index contributed by atoms with van der Waals surface area (Å²) in [4.78, 5) is 30.9. The molecule has 3 fully saturated rings. The molecule has 1 saturated carbocycles. The van der Waals surface area contributed by atoms with Crippen LogP contribution in [0, 0.1) is 5.92 Å². The van der Waals surface area contributed by atoms with Gasteiger partial charge >= 0.3 is 6.09 Å². The van der Waals surface area contributed by atoms with Gasteiger partial charge in [-0.2, -0.15) is 9.97 Å². The number of ether oxygens (including phenoxy) is 1. The molecule has 0 radical (unpaired) electrons. The topological polar surface area (TPSA) is 112 Å². The van der Waals surface area contributed by atoms with Gasteiger partial charge in [0, 0.05) is 57.9 Å². The van der Waals surface area contributed by atoms with Gasteiger partial charge in [0.1, 0.15) is 11.6 Å². The van der Waals surface area contributed by atoms with Crippen molar-refractivity contribution >= 4 is 28.9 Å². The minimum absolute atomic E-state index is 0.341. The fourth-order valence-corrected chi connectivity index (χ4v) is 6.23. The molecule has 0 unspecified atom stereocenters. The van der Waals surface area contributed by atoms with Gasteiger partial charge in [-0.25, -0.2) is 18.6 Å². The Balaban J connectivity index is 1.18. The third kappa shape index (κ3) is 6.05. The second-order valence-corrected chi connectivity index (χ2v) is 11.0. The molecule has 1 aliphatic carbocycles. The van der Waals surface area contributed by atoms with Gasteiger partial charge in [0.2, 0.25) is 5.95 Å². The van der Waals surface area contributed by atoms with Crippen molar-refractivity contribution in [2.75, 3.05) is 69.2 Å². The Morgan fingerprint density at radius 3 is 2.39 bits per heavy atom. The summed E-state index contributed by atoms with van der Waals surface area (Å²) in [7, 11) is 0. The zero-order valence-electron chi connectivity index (χ0n) is 23.0. The number of hydrogen-bond donors (Lipinski definition) is 2. The van der Waals surface area contributed by atoms with Gasteiger partial charge in [-0.3, -0.25) is 9.47 Å². The molecular formula is C28H36F2N8O3. The number of carboxylic acid groups (broad SMARTS) is 1. The highest BCUT2D eigenvalue weighted by molar-refractivity contribution is 5.78. The highest BCUT2D eigenvalue weighted by atomic mass is 19.3. The minimum Gasteiger partial charge on any atom is -0.465 e. The Hall–Kier alpha value is -3.58. The summed E-state index contributed by atoms with van der Waals surface area (Å²) >= 11 is 0. The maximum Gasteiger partial charge on any atom is 0.407 e. The van der Waals surface area contributed by atoms with Crippen molar-refractivity contribution < 1.29 is 23.4 Å². The second kappa shape index (κ2) is 12.1. The standard InChI is InChI=1S/C28H36F2N8O3/c29-25(30)26-32-21-3-1-2-4-22(21)38(26)24-17-23(36-13-15-41-16-14-36)33-27(34-24)31-18-19-5-7-20(8-6-19)35-9-11-37(12-10-35)28(39)40/h1-4,17,19-20,25H,5-16,18H2,(H,39,40)(H,31,33,34). The molecule has 2 aromatic heterocycles. The predicted octanol–water partition coefficient (Wildman–Crippen LogP) is 3.86. The number of nitrogens with zero attached hydrogens (tertiary/aromatic N) is 7. The van der Waals surface area contributed by atoms with Crippen LogP contribution >= 0.6 is 0 Å². The maximum atomic E-state index is 14.1. The largest absolute Gasteiger partial charge is 0.465 e. The molecule has 1 amide bonds. The number of amides is 1. The van der Waals surface area contributed by atoms with Crippen LogP contribution in [0.15, 0.2) is 30.3 Å². The van der Waals surface area contributed by atoms with Crippen LogP contribution in [0.3, 0.4) is 0 Å². The van der Waals surface area contributed by atoms with E-state index >= 15 is 0 Å². The van der Waals surface area contributed by atoms with Crippen molar-refractivity contribution in [1.82, 2.24) is 29.3 Å². The van der Waals surface area contributed by atoms with Crippen LogP contribution in [0.1, 0.15) is 37.9 Å². The number of alkyl halides is 2. The molecular weight excluding hydrogens is 534 g/mol. The van der Waals surface area contributed by atoms with Crippen LogP contribution in [0.4, 0.5) is 25.3 Å². The molecule has 11 nitrogen and oxygen atoms in total. The van der Waals surface area contributed by atoms with Crippen molar-refractivity contribution in [2.45, 2.75) is 38.2 Å². The van der Waals surface area contributed by atoms with E-state index in [1.54, 1.807) is 30.3 Å². The van der Waals surface area contributed by atoms with E-state index in [0.717, 1.165) is 38.8 Å². The first-order chi connectivity index (χ1) is 20.0. The molecule has 0 atom stereocenters. The molecule has 0 spiro atoms. The molecule has 41 heavy (non-hydrogen) atoms. The fourth-order valence-electron chi connectivity index (χ4n) is 6.23. The number of morpholine rings is 1. The molecule has 4 heterocycles. The van der Waals surface area contributed by atoms with Gasteiger partial charge in [0.25, 0.3) is 6.43 Å². The molecule has 2 saturated heterocycles. The maximum absolute atomic E-state index is 14.1. The summed E-state index contributed by atoms with van der Waals surface area (Å²) in [6.07, 6.45) is 0.635. The number of benzene rings is 1. The van der Waals surface area contributed by atoms with Crippen molar-refractivity contribution in [3.63, 3.8) is 0 Å². The van der Waals surface area contributed by atoms with E-state index in [0.29, 0.717) is 86.5 Å². The summed E-state index contributed by atoms with van der Waals surface area (Å²) in [5.41, 5.74) is 1.06. The smallest absolute Gasteiger partial charge is 0.407 e. The average Bonchev–Trinajstić information content (AvgIpc) is 3.41. The third-order valence-corrected chi connectivity index (χ3v) is 8.51. The van der Waals surface area contributed by atoms with E-state index in [-0.39, 0.29) is 5.82 Å². The lowest BCUT2D eigenvalue weighted by Crippen LogP contribution is -2.52. The van der Waals surface area contributed by atoms with Crippen LogP contribution in [0.25, 0.3) is 16.9 Å². The van der Waals surface area contributed by atoms with Crippen LogP contribution in [0.5, 0.6) is 0 Å². The van der Waals surface area contributed by atoms with Crippen molar-refractivity contribution in [3.8, 4) is 5.82 Å². The zero-order valence-corrected chi connectivity index (χ0v) is 23.0. The number of piperazine rings is 1. The Morgan fingerprint density at radius 1 is 0.976 bits per heavy atom. The van der Waals surface area contributed by atoms with E-state index in [1.807, 2.05) is 0 Å². The Bertz CT molecular complexity index is 1350. The van der Waals surface area contributed by atoms with Gasteiger partial charge in [0.15, 0.2) is 5.82 Å². The van der Waals surface area contributed by atoms with Crippen LogP contribution < -0.4 is 10.2 Å². The Kier molecular flexibility index (Phi) is 8.15. The number of carbonyl (C=O) groups is 1. The molecule has 3 aliphatic rings. The lowest BCUT2D eigenvalue weighted by molar-refractivity contribution is 0.0677. The number of imidazole rings is 1. The average molecular weight is 571 g/mol. The molecule has 0 bridgehead atoms. The summed E-state index contributed by atoms with van der Waals surface area (Å²) in [5, 5.41) is 12.6. The molecule has 2 N–H and O–H groups in total. The SMILES string of the molecule is O=C(O)N1CCN(C2CCC(CNc3nc(N4CCOCC4)cc(-n4c(C(F)F)nc5ccccc54)n3)CC2)CC1. The van der Waals surface area contributed by atoms with E-state index in [1.165, 1.54) is 9.47 Å². The molecule has 1 aromatic carbocycles. The minimum atomic E-state index is -2.76. The van der Waals surface area contributed by atoms with E-state index < -0.39 is 12.5 Å². The van der Waals surface area contributed by atoms with Gasteiger partial charge in [-0.1, -0.05) is 12.1 Å². The number of aromatic nitrogens is 4. The van der Waals surface area contributed by atoms with Gasteiger partial charge in [-0.15, -0.1) is 0 Å². The number of para-hydroxylation sites is 2. The normalized spacial score (nSPS) is 22.4. The van der Waals surface area contributed by atoms with Gasteiger partial charge < -0.3 is 25.0 Å². The Labute approximate surface area is 237 Å². The molecule has 2 aliphatic heterocycles. The number of nitrogens with one attached hydrogen (secondary N) is 1. The molecule has 3 aromatic rings. The summed E-state index contributed by atoms with van der Waals surface area (Å²) in [5.74, 6) is 1.54. The van der Waals surface area contributed by atoms with Gasteiger partial charge in [0.05, 0.1) is 24.2 Å². The zero-order chi connectivity index (χ0) is 28.3. The quantitative estimate of drug-likeness (QED) is 0.437. The van der Waals surface area contributed by atoms with Crippen molar-refractivity contribution in [1.29, 1.82) is 0 Å². The summed E-state index contributed by atoms with van der Waals surface area (Å²) < 4.78 is 35.2. The lowest BCUT2D eigenvalue weighted by atomic mass is 9.85. The van der Waals surface area contributed by atoms with Gasteiger partial charge in [-0.05, 0) is 43.7 Å². The predicted molar refractivity (Wildman–Crippen MR) is 150 cm³/mol. The number of anilines is 2. The summed E-state index contributed by atoms with van der Waals surface area (Å²) in [6, 6.07) is 9.33. The lowest BCUT2D eigenvalue weighted by Gasteiger charge is -2.41. The van der Waals surface area contributed by atoms with E-state index in [9.17, 15) is 18.7 Å². The van der Waals surface area contributed by atoms with Crippen molar-refractivity contribution in [2.24, 2.45) is 5.92 Å². The number of hydrogen-bond acceptors (Lipinski definition) is 8. The van der Waals surface area contributed by atoms with E-state index in [2.05, 4.69) is 20.1 Å². The van der Waals surface area contributed by atoms with Crippen LogP contribution in [-0.2, 0) is 4.74 Å². The molecule has 220 valence electrons.